The Morgan fingerprint density at radius 1 is 1.10 bits per heavy atom. The van der Waals surface area contributed by atoms with Crippen LogP contribution in [0.3, 0.4) is 0 Å². The molecule has 0 heterocycles. The fraction of sp³-hybridized carbons (Fsp3) is 0.467. The molecule has 20 heavy (non-hydrogen) atoms. The number of aliphatic carboxylic acids is 1. The van der Waals surface area contributed by atoms with Gasteiger partial charge in [-0.1, -0.05) is 31.0 Å². The minimum atomic E-state index is -0.740. The molecule has 0 saturated carbocycles. The number of hydrogen-bond acceptors (Lipinski definition) is 2. The van der Waals surface area contributed by atoms with Gasteiger partial charge in [0, 0.05) is 16.5 Å². The van der Waals surface area contributed by atoms with Gasteiger partial charge in [-0.05, 0) is 47.1 Å². The first kappa shape index (κ1) is 16.9. The smallest absolute Gasteiger partial charge is 0.303 e. The molecule has 2 N–H and O–H groups in total. The Bertz CT molecular complexity index is 448. The maximum atomic E-state index is 11.8. The number of benzene rings is 1. The molecule has 1 aromatic carbocycles. The maximum Gasteiger partial charge on any atom is 0.303 e. The van der Waals surface area contributed by atoms with Crippen molar-refractivity contribution in [3.8, 4) is 0 Å². The molecular weight excluding hydrogens is 369 g/mol. The number of carboxylic acid groups (broad SMARTS) is 1. The number of halogens is 1. The van der Waals surface area contributed by atoms with E-state index in [0.29, 0.717) is 19.4 Å². The van der Waals surface area contributed by atoms with Crippen molar-refractivity contribution in [2.24, 2.45) is 0 Å². The van der Waals surface area contributed by atoms with Crippen molar-refractivity contribution < 1.29 is 14.7 Å². The number of carboxylic acids is 1. The zero-order chi connectivity index (χ0) is 14.8. The Labute approximate surface area is 133 Å². The first-order valence-corrected chi connectivity index (χ1v) is 7.89. The third-order valence-corrected chi connectivity index (χ3v) is 4.00. The van der Waals surface area contributed by atoms with Gasteiger partial charge < -0.3 is 10.4 Å². The Balaban J connectivity index is 2.09. The lowest BCUT2D eigenvalue weighted by atomic mass is 10.1. The Hall–Kier alpha value is -1.11. The summed E-state index contributed by atoms with van der Waals surface area (Å²) in [5.74, 6) is -0.699. The average molecular weight is 389 g/mol. The molecule has 0 radical (unpaired) electrons. The van der Waals surface area contributed by atoms with Crippen LogP contribution in [0.15, 0.2) is 24.3 Å². The van der Waals surface area contributed by atoms with Crippen LogP contribution in [0.25, 0.3) is 0 Å². The highest BCUT2D eigenvalue weighted by Gasteiger charge is 2.05. The van der Waals surface area contributed by atoms with E-state index in [1.165, 1.54) is 0 Å². The number of rotatable bonds is 9. The van der Waals surface area contributed by atoms with Crippen molar-refractivity contribution in [3.63, 3.8) is 0 Å². The van der Waals surface area contributed by atoms with Crippen molar-refractivity contribution in [2.75, 3.05) is 6.54 Å². The summed E-state index contributed by atoms with van der Waals surface area (Å²) in [6.45, 7) is 0.662. The maximum absolute atomic E-state index is 11.8. The highest BCUT2D eigenvalue weighted by atomic mass is 127. The summed E-state index contributed by atoms with van der Waals surface area (Å²) in [4.78, 5) is 22.1. The van der Waals surface area contributed by atoms with Crippen LogP contribution >= 0.6 is 22.6 Å². The van der Waals surface area contributed by atoms with E-state index in [9.17, 15) is 9.59 Å². The topological polar surface area (TPSA) is 66.4 Å². The average Bonchev–Trinajstić information content (AvgIpc) is 2.40. The molecule has 1 amide bonds. The largest absolute Gasteiger partial charge is 0.481 e. The lowest BCUT2D eigenvalue weighted by molar-refractivity contribution is -0.137. The molecule has 0 spiro atoms. The van der Waals surface area contributed by atoms with Crippen molar-refractivity contribution in [3.05, 3.63) is 33.4 Å². The quantitative estimate of drug-likeness (QED) is 0.504. The molecule has 1 aromatic rings. The molecule has 0 bridgehead atoms. The van der Waals surface area contributed by atoms with E-state index >= 15 is 0 Å². The van der Waals surface area contributed by atoms with Gasteiger partial charge in [0.25, 0.3) is 0 Å². The molecule has 0 aromatic heterocycles. The van der Waals surface area contributed by atoms with Gasteiger partial charge in [-0.15, -0.1) is 0 Å². The van der Waals surface area contributed by atoms with Gasteiger partial charge in [0.15, 0.2) is 0 Å². The first-order valence-electron chi connectivity index (χ1n) is 6.81. The van der Waals surface area contributed by atoms with Gasteiger partial charge in [-0.2, -0.15) is 0 Å². The normalized spacial score (nSPS) is 10.2. The van der Waals surface area contributed by atoms with E-state index in [-0.39, 0.29) is 12.3 Å². The van der Waals surface area contributed by atoms with E-state index in [0.717, 1.165) is 28.4 Å². The zero-order valence-electron chi connectivity index (χ0n) is 11.4. The van der Waals surface area contributed by atoms with Gasteiger partial charge in [0.1, 0.15) is 0 Å². The van der Waals surface area contributed by atoms with Crippen LogP contribution in [0.2, 0.25) is 0 Å². The van der Waals surface area contributed by atoms with Crippen LogP contribution in [0.5, 0.6) is 0 Å². The summed E-state index contributed by atoms with van der Waals surface area (Å²) in [6, 6.07) is 7.85. The van der Waals surface area contributed by atoms with E-state index in [2.05, 4.69) is 27.9 Å². The van der Waals surface area contributed by atoms with E-state index in [4.69, 9.17) is 5.11 Å². The summed E-state index contributed by atoms with van der Waals surface area (Å²) < 4.78 is 1.11. The van der Waals surface area contributed by atoms with E-state index in [1.807, 2.05) is 24.3 Å². The Kier molecular flexibility index (Phi) is 8.25. The zero-order valence-corrected chi connectivity index (χ0v) is 13.6. The van der Waals surface area contributed by atoms with Crippen molar-refractivity contribution in [2.45, 2.75) is 38.5 Å². The Morgan fingerprint density at radius 2 is 1.80 bits per heavy atom. The molecule has 1 rings (SSSR count). The number of carbonyl (C=O) groups excluding carboxylic acids is 1. The third-order valence-electron chi connectivity index (χ3n) is 2.95. The lowest BCUT2D eigenvalue weighted by Crippen LogP contribution is -2.26. The third kappa shape index (κ3) is 7.47. The standard InChI is InChI=1S/C15H20INO3/c16-13-8-5-4-7-12(13)11-14(18)17-10-6-2-1-3-9-15(19)20/h4-5,7-8H,1-3,6,9-11H2,(H,17,18)(H,19,20). The van der Waals surface area contributed by atoms with Crippen molar-refractivity contribution >= 4 is 34.5 Å². The molecule has 110 valence electrons. The fourth-order valence-electron chi connectivity index (χ4n) is 1.86. The minimum absolute atomic E-state index is 0.0413. The molecule has 0 saturated heterocycles. The molecule has 0 aliphatic rings. The summed E-state index contributed by atoms with van der Waals surface area (Å²) in [6.07, 6.45) is 4.12. The molecular formula is C15H20INO3. The SMILES string of the molecule is O=C(O)CCCCCCNC(=O)Cc1ccccc1I. The second-order valence-corrected chi connectivity index (χ2v) is 5.84. The highest BCUT2D eigenvalue weighted by molar-refractivity contribution is 14.1. The van der Waals surface area contributed by atoms with Gasteiger partial charge >= 0.3 is 5.97 Å². The molecule has 0 atom stereocenters. The molecule has 0 unspecified atom stereocenters. The number of carbonyl (C=O) groups is 2. The predicted molar refractivity (Wildman–Crippen MR) is 86.6 cm³/mol. The number of nitrogens with one attached hydrogen (secondary N) is 1. The molecule has 0 fully saturated rings. The summed E-state index contributed by atoms with van der Waals surface area (Å²) in [7, 11) is 0. The first-order chi connectivity index (χ1) is 9.59. The summed E-state index contributed by atoms with van der Waals surface area (Å²) >= 11 is 2.23. The predicted octanol–water partition coefficient (Wildman–Crippen LogP) is 2.99. The van der Waals surface area contributed by atoms with Gasteiger partial charge in [0.2, 0.25) is 5.91 Å². The number of unbranched alkanes of at least 4 members (excludes halogenated alkanes) is 3. The van der Waals surface area contributed by atoms with Gasteiger partial charge in [-0.3, -0.25) is 9.59 Å². The number of hydrogen-bond donors (Lipinski definition) is 2. The van der Waals surface area contributed by atoms with Crippen LogP contribution in [0.4, 0.5) is 0 Å². The summed E-state index contributed by atoms with van der Waals surface area (Å²) in [5, 5.41) is 11.4. The van der Waals surface area contributed by atoms with Crippen LogP contribution in [0, 0.1) is 3.57 Å². The molecule has 4 nitrogen and oxygen atoms in total. The fourth-order valence-corrected chi connectivity index (χ4v) is 2.44. The molecule has 0 aliphatic heterocycles. The van der Waals surface area contributed by atoms with Crippen LogP contribution < -0.4 is 5.32 Å². The van der Waals surface area contributed by atoms with Gasteiger partial charge in [-0.25, -0.2) is 0 Å². The van der Waals surface area contributed by atoms with Crippen LogP contribution in [-0.4, -0.2) is 23.5 Å². The molecule has 5 heteroatoms. The van der Waals surface area contributed by atoms with E-state index < -0.39 is 5.97 Å². The van der Waals surface area contributed by atoms with E-state index in [1.54, 1.807) is 0 Å². The Morgan fingerprint density at radius 3 is 2.50 bits per heavy atom. The van der Waals surface area contributed by atoms with Gasteiger partial charge in [0.05, 0.1) is 6.42 Å². The van der Waals surface area contributed by atoms with Crippen molar-refractivity contribution in [1.82, 2.24) is 5.32 Å². The second-order valence-electron chi connectivity index (χ2n) is 4.68. The van der Waals surface area contributed by atoms with Crippen molar-refractivity contribution in [1.29, 1.82) is 0 Å². The van der Waals surface area contributed by atoms with Crippen LogP contribution in [-0.2, 0) is 16.0 Å². The monoisotopic (exact) mass is 389 g/mol. The second kappa shape index (κ2) is 9.74. The van der Waals surface area contributed by atoms with Crippen LogP contribution in [0.1, 0.15) is 37.7 Å². The molecule has 0 aliphatic carbocycles. The highest BCUT2D eigenvalue weighted by Crippen LogP contribution is 2.11. The summed E-state index contributed by atoms with van der Waals surface area (Å²) in [5.41, 5.74) is 1.05. The number of amides is 1. The minimum Gasteiger partial charge on any atom is -0.481 e. The lowest BCUT2D eigenvalue weighted by Gasteiger charge is -2.06.